The highest BCUT2D eigenvalue weighted by Gasteiger charge is 2.40. The van der Waals surface area contributed by atoms with Gasteiger partial charge in [0.1, 0.15) is 17.6 Å². The number of carbonyl (C=O) groups excluding carboxylic acids is 1. The van der Waals surface area contributed by atoms with Crippen LogP contribution in [0.2, 0.25) is 0 Å². The number of anilines is 2. The summed E-state index contributed by atoms with van der Waals surface area (Å²) in [4.78, 5) is 25.7. The smallest absolute Gasteiger partial charge is 0.249 e. The molecule has 1 amide bonds. The molecule has 5 rings (SSSR count). The summed E-state index contributed by atoms with van der Waals surface area (Å²) in [5.74, 6) is 1.87. The maximum atomic E-state index is 12.5. The number of hydrogen-bond donors (Lipinski definition) is 0. The molecular formula is C23H28N6O. The zero-order chi connectivity index (χ0) is 19.8. The Morgan fingerprint density at radius 1 is 1.10 bits per heavy atom. The molecule has 0 bridgehead atoms. The molecule has 1 atom stereocenters. The molecule has 0 radical (unpaired) electrons. The van der Waals surface area contributed by atoms with Gasteiger partial charge >= 0.3 is 0 Å². The number of hydrogen-bond acceptors (Lipinski definition) is 5. The molecule has 7 nitrogen and oxygen atoms in total. The van der Waals surface area contributed by atoms with Crippen molar-refractivity contribution in [2.24, 2.45) is 0 Å². The quantitative estimate of drug-likeness (QED) is 0.654. The molecule has 2 aliphatic heterocycles. The van der Waals surface area contributed by atoms with Gasteiger partial charge in [-0.15, -0.1) is 0 Å². The first-order chi connectivity index (χ1) is 14.2. The highest BCUT2D eigenvalue weighted by Crippen LogP contribution is 2.37. The van der Waals surface area contributed by atoms with E-state index in [1.54, 1.807) is 11.1 Å². The van der Waals surface area contributed by atoms with E-state index in [2.05, 4.69) is 33.3 Å². The third-order valence-corrected chi connectivity index (χ3v) is 5.81. The number of rotatable bonds is 5. The molecule has 30 heavy (non-hydrogen) atoms. The lowest BCUT2D eigenvalue weighted by Gasteiger charge is -2.36. The van der Waals surface area contributed by atoms with Crippen LogP contribution in [0.3, 0.4) is 0 Å². The van der Waals surface area contributed by atoms with Crippen molar-refractivity contribution in [1.82, 2.24) is 19.7 Å². The summed E-state index contributed by atoms with van der Waals surface area (Å²) in [5, 5.41) is 4.48. The number of likely N-dealkylation sites (N-methyl/N-ethyl adjacent to an activating group) is 1. The third-order valence-electron chi connectivity index (χ3n) is 5.81. The van der Waals surface area contributed by atoms with Crippen molar-refractivity contribution in [3.05, 3.63) is 65.9 Å². The van der Waals surface area contributed by atoms with Crippen LogP contribution in [-0.4, -0.2) is 45.3 Å². The zero-order valence-corrected chi connectivity index (χ0v) is 16.5. The molecular weight excluding hydrogens is 376 g/mol. The summed E-state index contributed by atoms with van der Waals surface area (Å²) in [6.45, 7) is 1.66. The van der Waals surface area contributed by atoms with Gasteiger partial charge in [-0.3, -0.25) is 9.48 Å². The number of benzene rings is 1. The Balaban J connectivity index is 0.00000218. The van der Waals surface area contributed by atoms with Crippen molar-refractivity contribution in [2.45, 2.75) is 45.7 Å². The van der Waals surface area contributed by atoms with E-state index in [9.17, 15) is 4.79 Å². The van der Waals surface area contributed by atoms with E-state index >= 15 is 0 Å². The van der Waals surface area contributed by atoms with Gasteiger partial charge < -0.3 is 9.80 Å². The molecule has 0 aliphatic carbocycles. The van der Waals surface area contributed by atoms with Gasteiger partial charge in [-0.1, -0.05) is 37.8 Å². The first kappa shape index (κ1) is 20.1. The Bertz CT molecular complexity index is 1030. The molecule has 4 heterocycles. The lowest BCUT2D eigenvalue weighted by atomic mass is 10.1. The van der Waals surface area contributed by atoms with Crippen LogP contribution in [0.5, 0.6) is 0 Å². The zero-order valence-electron chi connectivity index (χ0n) is 16.5. The molecule has 1 fully saturated rings. The predicted molar refractivity (Wildman–Crippen MR) is 118 cm³/mol. The fourth-order valence-electron chi connectivity index (χ4n) is 4.24. The Labute approximate surface area is 177 Å². The average molecular weight is 405 g/mol. The average Bonchev–Trinajstić information content (AvgIpc) is 3.41. The van der Waals surface area contributed by atoms with Gasteiger partial charge in [0.2, 0.25) is 5.91 Å². The molecule has 1 aromatic carbocycles. The van der Waals surface area contributed by atoms with Crippen LogP contribution in [0.15, 0.2) is 48.9 Å². The van der Waals surface area contributed by atoms with Crippen molar-refractivity contribution >= 4 is 17.4 Å². The summed E-state index contributed by atoms with van der Waals surface area (Å²) in [7, 11) is 1.82. The number of carbonyl (C=O) groups is 1. The summed E-state index contributed by atoms with van der Waals surface area (Å²) in [6.07, 6.45) is 9.33. The first-order valence-corrected chi connectivity index (χ1v) is 10.1. The van der Waals surface area contributed by atoms with Gasteiger partial charge in [0.05, 0.1) is 18.9 Å². The minimum atomic E-state index is -0.0635. The Morgan fingerprint density at radius 3 is 2.77 bits per heavy atom. The predicted octanol–water partition coefficient (Wildman–Crippen LogP) is 3.09. The monoisotopic (exact) mass is 404 g/mol. The van der Waals surface area contributed by atoms with Crippen molar-refractivity contribution in [1.29, 1.82) is 0 Å². The second-order valence-corrected chi connectivity index (χ2v) is 7.78. The molecule has 0 saturated carbocycles. The fraction of sp³-hybridized carbons (Fsp3) is 0.391. The Morgan fingerprint density at radius 2 is 1.93 bits per heavy atom. The maximum Gasteiger partial charge on any atom is 0.249 e. The first-order valence-electron chi connectivity index (χ1n) is 10.1. The summed E-state index contributed by atoms with van der Waals surface area (Å²) >= 11 is 0. The molecule has 156 valence electrons. The Hall–Kier alpha value is -3.22. The summed E-state index contributed by atoms with van der Waals surface area (Å²) < 4.78 is 1.97. The third kappa shape index (κ3) is 3.67. The minimum Gasteiger partial charge on any atom is -0.343 e. The summed E-state index contributed by atoms with van der Waals surface area (Å²) in [5.41, 5.74) is 3.22. The van der Waals surface area contributed by atoms with Crippen molar-refractivity contribution in [3.8, 4) is 0 Å². The van der Waals surface area contributed by atoms with Crippen LogP contribution in [0.25, 0.3) is 0 Å². The van der Waals surface area contributed by atoms with E-state index in [0.29, 0.717) is 0 Å². The molecule has 1 saturated heterocycles. The van der Waals surface area contributed by atoms with E-state index < -0.39 is 0 Å². The summed E-state index contributed by atoms with van der Waals surface area (Å²) in [6, 6.07) is 10.3. The fourth-order valence-corrected chi connectivity index (χ4v) is 4.24. The second kappa shape index (κ2) is 8.26. The number of fused-ring (bicyclic) bond motifs is 3. The van der Waals surface area contributed by atoms with Crippen LogP contribution in [0, 0.1) is 0 Å². The minimum absolute atomic E-state index is 0. The van der Waals surface area contributed by atoms with E-state index in [4.69, 9.17) is 4.98 Å². The molecule has 2 aliphatic rings. The van der Waals surface area contributed by atoms with Gasteiger partial charge in [0.15, 0.2) is 5.82 Å². The van der Waals surface area contributed by atoms with Gasteiger partial charge in [-0.2, -0.15) is 5.10 Å². The number of amides is 1. The largest absolute Gasteiger partial charge is 0.343 e. The van der Waals surface area contributed by atoms with Gasteiger partial charge in [-0.25, -0.2) is 9.97 Å². The molecule has 7 heteroatoms. The van der Waals surface area contributed by atoms with Crippen LogP contribution < -0.4 is 9.80 Å². The second-order valence-electron chi connectivity index (χ2n) is 7.78. The highest BCUT2D eigenvalue weighted by atomic mass is 16.2. The molecule has 0 spiro atoms. The number of aromatic nitrogens is 4. The standard InChI is InChI=1S/C22H24N6O.CH4/c1-26-19-13-23-20(25-21(19)28-11-5-8-18(28)22(26)29)10-9-17-12-24-27(15-17)14-16-6-3-2-4-7-16;/h2-4,6-7,12-13,15,18H,5,8-11,14H2,1H3;1H4/t18-;/m0./s1. The van der Waals surface area contributed by atoms with Gasteiger partial charge in [-0.05, 0) is 30.4 Å². The van der Waals surface area contributed by atoms with E-state index in [-0.39, 0.29) is 19.4 Å². The lowest BCUT2D eigenvalue weighted by Crippen LogP contribution is -2.49. The normalized spacial score (nSPS) is 17.5. The van der Waals surface area contributed by atoms with E-state index in [1.165, 1.54) is 11.1 Å². The Kier molecular flexibility index (Phi) is 5.53. The number of nitrogens with zero attached hydrogens (tertiary/aromatic N) is 6. The van der Waals surface area contributed by atoms with Crippen LogP contribution in [0.4, 0.5) is 11.5 Å². The van der Waals surface area contributed by atoms with Crippen molar-refractivity contribution < 1.29 is 4.79 Å². The topological polar surface area (TPSA) is 67.2 Å². The maximum absolute atomic E-state index is 12.5. The SMILES string of the molecule is C.CN1C(=O)[C@@H]2CCCN2c2nc(CCc3cnn(Cc4ccccc4)c3)ncc21. The van der Waals surface area contributed by atoms with E-state index in [0.717, 1.165) is 56.1 Å². The molecule has 2 aromatic heterocycles. The van der Waals surface area contributed by atoms with Crippen LogP contribution in [0.1, 0.15) is 37.2 Å². The molecule has 3 aromatic rings. The number of aryl methyl sites for hydroxylation is 2. The lowest BCUT2D eigenvalue weighted by molar-refractivity contribution is -0.119. The van der Waals surface area contributed by atoms with Crippen molar-refractivity contribution in [2.75, 3.05) is 23.4 Å². The molecule has 0 N–H and O–H groups in total. The molecule has 0 unspecified atom stereocenters. The van der Waals surface area contributed by atoms with Gasteiger partial charge in [0, 0.05) is 26.2 Å². The van der Waals surface area contributed by atoms with Crippen LogP contribution >= 0.6 is 0 Å². The van der Waals surface area contributed by atoms with E-state index in [1.807, 2.05) is 36.1 Å². The van der Waals surface area contributed by atoms with Crippen molar-refractivity contribution in [3.63, 3.8) is 0 Å². The van der Waals surface area contributed by atoms with Gasteiger partial charge in [0.25, 0.3) is 0 Å². The van der Waals surface area contributed by atoms with Crippen LogP contribution in [-0.2, 0) is 24.2 Å². The highest BCUT2D eigenvalue weighted by molar-refractivity contribution is 6.04.